The summed E-state index contributed by atoms with van der Waals surface area (Å²) in [6, 6.07) is 0. The first-order valence-corrected chi connectivity index (χ1v) is 19.9. The van der Waals surface area contributed by atoms with Gasteiger partial charge in [0.2, 0.25) is 17.2 Å². The highest BCUT2D eigenvalue weighted by Gasteiger charge is 2.62. The van der Waals surface area contributed by atoms with Crippen LogP contribution in [0.1, 0.15) is 74.1 Å². The van der Waals surface area contributed by atoms with Gasteiger partial charge in [-0.25, -0.2) is 9.59 Å². The summed E-state index contributed by atoms with van der Waals surface area (Å²) in [5, 5.41) is 10.1. The highest BCUT2D eigenvalue weighted by molar-refractivity contribution is 6.74. The van der Waals surface area contributed by atoms with Crippen LogP contribution in [0.25, 0.3) is 0 Å². The molecule has 13 heteroatoms. The van der Waals surface area contributed by atoms with E-state index in [1.807, 2.05) is 26.2 Å². The van der Waals surface area contributed by atoms with E-state index < -0.39 is 70.2 Å². The molecule has 0 radical (unpaired) electrons. The minimum absolute atomic E-state index is 0.0215. The monoisotopic (exact) mass is 614 g/mol. The molecule has 0 aromatic rings. The summed E-state index contributed by atoms with van der Waals surface area (Å²) in [5.74, 6) is -2.31. The average Bonchev–Trinajstić information content (AvgIpc) is 3.19. The number of fused-ring (bicyclic) bond motifs is 4. The normalized spacial score (nSPS) is 33.6. The number of aliphatic hydroxyl groups is 1. The first-order chi connectivity index (χ1) is 18.3. The zero-order valence-electron chi connectivity index (χ0n) is 26.2. The molecule has 2 heterocycles. The van der Waals surface area contributed by atoms with Crippen molar-refractivity contribution in [1.29, 1.82) is 0 Å². The van der Waals surface area contributed by atoms with E-state index in [0.29, 0.717) is 0 Å². The Balaban J connectivity index is 0.000000228. The van der Waals surface area contributed by atoms with E-state index in [1.54, 1.807) is 0 Å². The average molecular weight is 615 g/mol. The van der Waals surface area contributed by atoms with Crippen molar-refractivity contribution in [2.45, 2.75) is 146 Å². The van der Waals surface area contributed by atoms with Crippen molar-refractivity contribution in [3.63, 3.8) is 0 Å². The minimum Gasteiger partial charge on any atom is -0.452 e. The molecule has 0 aromatic carbocycles. The number of ketones is 2. The molecule has 232 valence electrons. The number of carbonyl (C=O) groups excluding carboxylic acids is 5. The van der Waals surface area contributed by atoms with Crippen molar-refractivity contribution in [2.24, 2.45) is 0 Å². The second-order valence-corrected chi connectivity index (χ2v) is 24.3. The molecule has 0 amide bonds. The molecule has 11 nitrogen and oxygen atoms in total. The van der Waals surface area contributed by atoms with Crippen LogP contribution in [0.3, 0.4) is 0 Å². The van der Waals surface area contributed by atoms with Crippen molar-refractivity contribution < 1.29 is 52.1 Å². The first kappa shape index (κ1) is 33.6. The summed E-state index contributed by atoms with van der Waals surface area (Å²) in [7, 11) is -4.31. The lowest BCUT2D eigenvalue weighted by molar-refractivity contribution is -0.173. The maximum atomic E-state index is 12.4. The van der Waals surface area contributed by atoms with Gasteiger partial charge in [-0.1, -0.05) is 41.5 Å². The largest absolute Gasteiger partial charge is 0.452 e. The zero-order chi connectivity index (χ0) is 31.6. The third-order valence-corrected chi connectivity index (χ3v) is 18.4. The van der Waals surface area contributed by atoms with Gasteiger partial charge in [-0.2, -0.15) is 0 Å². The molecule has 0 aromatic heterocycles. The molecule has 2 saturated heterocycles. The number of Topliss-reactive ketones (excluding diaryl/α,β-unsaturated/α-hetero) is 2. The molecular formula is C28H46O11Si2. The standard InChI is InChI=1S/C15H24O6Si.C13H22O5Si/c1-9(16)20-15-7-10(19-13(15)18)12(17)11(8-15)21-22(5,6)14(2,3)4;1-12(2,3)19(4,5)18-9-7-13(16)6-8(10(9)14)17-11(13)15/h10-11H,7-8H2,1-6H3;8-9,16H,6-7H2,1-5H3/t10-,11-,15-;8-,9-,13-/m11/s1. The molecule has 1 N–H and O–H groups in total. The highest BCUT2D eigenvalue weighted by Crippen LogP contribution is 2.45. The minimum atomic E-state index is -2.19. The molecule has 0 spiro atoms. The number of hydrogen-bond acceptors (Lipinski definition) is 11. The fourth-order valence-electron chi connectivity index (χ4n) is 4.87. The van der Waals surface area contributed by atoms with Gasteiger partial charge in [-0.3, -0.25) is 14.4 Å². The fraction of sp³-hybridized carbons (Fsp3) is 0.821. The topological polar surface area (TPSA) is 152 Å². The molecule has 0 unspecified atom stereocenters. The number of esters is 3. The number of rotatable bonds is 5. The Morgan fingerprint density at radius 1 is 0.756 bits per heavy atom. The molecule has 4 fully saturated rings. The molecule has 41 heavy (non-hydrogen) atoms. The Bertz CT molecular complexity index is 1120. The van der Waals surface area contributed by atoms with Crippen LogP contribution in [0.5, 0.6) is 0 Å². The van der Waals surface area contributed by atoms with Gasteiger partial charge in [0.25, 0.3) is 0 Å². The predicted octanol–water partition coefficient (Wildman–Crippen LogP) is 3.36. The first-order valence-electron chi connectivity index (χ1n) is 14.1. The lowest BCUT2D eigenvalue weighted by atomic mass is 9.83. The van der Waals surface area contributed by atoms with Gasteiger partial charge in [0, 0.05) is 32.6 Å². The summed E-state index contributed by atoms with van der Waals surface area (Å²) < 4.78 is 27.5. The Morgan fingerprint density at radius 3 is 1.61 bits per heavy atom. The Kier molecular flexibility index (Phi) is 8.72. The third kappa shape index (κ3) is 6.53. The van der Waals surface area contributed by atoms with Crippen LogP contribution >= 0.6 is 0 Å². The third-order valence-electron chi connectivity index (χ3n) is 9.42. The number of hydrogen-bond donors (Lipinski definition) is 1. The van der Waals surface area contributed by atoms with Gasteiger partial charge in [0.05, 0.1) is 0 Å². The maximum absolute atomic E-state index is 12.4. The van der Waals surface area contributed by atoms with Crippen molar-refractivity contribution in [1.82, 2.24) is 0 Å². The van der Waals surface area contributed by atoms with Crippen LogP contribution in [0.15, 0.2) is 0 Å². The Morgan fingerprint density at radius 2 is 1.17 bits per heavy atom. The SMILES string of the molecule is CC(=O)O[C@@]12C[C@@H](OC1=O)C(=O)[C@H](O[Si](C)(C)C(C)(C)C)C2.CC(C)(C)[Si](C)(C)O[C@@H]1C[C@]2(O)C[C@@H](OC2=O)C1=O. The summed E-state index contributed by atoms with van der Waals surface area (Å²) >= 11 is 0. The van der Waals surface area contributed by atoms with Crippen molar-refractivity contribution in [2.75, 3.05) is 0 Å². The van der Waals surface area contributed by atoms with Crippen molar-refractivity contribution in [3.8, 4) is 0 Å². The van der Waals surface area contributed by atoms with Gasteiger partial charge in [0.1, 0.15) is 12.2 Å². The summed E-state index contributed by atoms with van der Waals surface area (Å²) in [6.45, 7) is 21.9. The van der Waals surface area contributed by atoms with E-state index in [4.69, 9.17) is 23.1 Å². The van der Waals surface area contributed by atoms with E-state index in [1.165, 1.54) is 6.92 Å². The quantitative estimate of drug-likeness (QED) is 0.276. The van der Waals surface area contributed by atoms with Crippen LogP contribution in [-0.2, 0) is 47.0 Å². The van der Waals surface area contributed by atoms with Gasteiger partial charge in [-0.15, -0.1) is 0 Å². The van der Waals surface area contributed by atoms with E-state index in [2.05, 4.69) is 41.5 Å². The second-order valence-electron chi connectivity index (χ2n) is 14.8. The van der Waals surface area contributed by atoms with Gasteiger partial charge >= 0.3 is 17.9 Å². The molecule has 4 bridgehead atoms. The molecule has 4 aliphatic rings. The van der Waals surface area contributed by atoms with E-state index >= 15 is 0 Å². The molecule has 2 saturated carbocycles. The smallest absolute Gasteiger partial charge is 0.351 e. The molecular weight excluding hydrogens is 568 g/mol. The van der Waals surface area contributed by atoms with Gasteiger partial charge < -0.3 is 28.2 Å². The molecule has 6 atom stereocenters. The van der Waals surface area contributed by atoms with E-state index in [-0.39, 0.29) is 47.3 Å². The van der Waals surface area contributed by atoms with Gasteiger partial charge in [-0.05, 0) is 36.3 Å². The highest BCUT2D eigenvalue weighted by atomic mass is 28.4. The number of carbonyl (C=O) groups is 5. The van der Waals surface area contributed by atoms with E-state index in [9.17, 15) is 29.1 Å². The zero-order valence-corrected chi connectivity index (χ0v) is 28.2. The summed E-state index contributed by atoms with van der Waals surface area (Å²) in [5.41, 5.74) is -2.90. The predicted molar refractivity (Wildman–Crippen MR) is 152 cm³/mol. The summed E-state index contributed by atoms with van der Waals surface area (Å²) in [6.07, 6.45) is -2.94. The number of ether oxygens (including phenoxy) is 3. The van der Waals surface area contributed by atoms with E-state index in [0.717, 1.165) is 0 Å². The molecule has 4 rings (SSSR count). The van der Waals surface area contributed by atoms with Crippen LogP contribution in [0, 0.1) is 0 Å². The van der Waals surface area contributed by atoms with Crippen molar-refractivity contribution in [3.05, 3.63) is 0 Å². The van der Waals surface area contributed by atoms with Crippen molar-refractivity contribution >= 4 is 46.1 Å². The van der Waals surface area contributed by atoms with Crippen LogP contribution in [0.2, 0.25) is 36.3 Å². The maximum Gasteiger partial charge on any atom is 0.351 e. The molecule has 2 aliphatic heterocycles. The second kappa shape index (κ2) is 10.7. The lowest BCUT2D eigenvalue weighted by Crippen LogP contribution is -2.54. The van der Waals surface area contributed by atoms with Crippen LogP contribution in [0.4, 0.5) is 0 Å². The Hall–Kier alpha value is -1.94. The lowest BCUT2D eigenvalue weighted by Gasteiger charge is -2.41. The van der Waals surface area contributed by atoms with Gasteiger partial charge in [0.15, 0.2) is 34.4 Å². The van der Waals surface area contributed by atoms with Crippen LogP contribution < -0.4 is 0 Å². The van der Waals surface area contributed by atoms with Crippen LogP contribution in [-0.4, -0.2) is 86.8 Å². The Labute approximate surface area is 244 Å². The fourth-order valence-corrected chi connectivity index (χ4v) is 7.40. The summed E-state index contributed by atoms with van der Waals surface area (Å²) in [4.78, 5) is 59.6. The molecule has 2 aliphatic carbocycles.